The fourth-order valence-corrected chi connectivity index (χ4v) is 1.63. The van der Waals surface area contributed by atoms with E-state index in [-0.39, 0.29) is 6.42 Å². The number of carbonyl (C=O) groups excluding carboxylic acids is 3. The second-order valence-electron chi connectivity index (χ2n) is 4.07. The van der Waals surface area contributed by atoms with E-state index in [1.165, 1.54) is 7.11 Å². The molecule has 0 saturated heterocycles. The van der Waals surface area contributed by atoms with Crippen LogP contribution in [-0.4, -0.2) is 31.1 Å². The van der Waals surface area contributed by atoms with Gasteiger partial charge in [-0.2, -0.15) is 0 Å². The molecular formula is C15H15BrO6. The first-order valence-corrected chi connectivity index (χ1v) is 7.19. The predicted octanol–water partition coefficient (Wildman–Crippen LogP) is 2.41. The smallest absolute Gasteiger partial charge is 0.352 e. The molecule has 1 aromatic rings. The van der Waals surface area contributed by atoms with Crippen molar-refractivity contribution >= 4 is 33.8 Å². The van der Waals surface area contributed by atoms with Gasteiger partial charge in [0.25, 0.3) is 0 Å². The zero-order valence-corrected chi connectivity index (χ0v) is 13.7. The first-order valence-electron chi connectivity index (χ1n) is 6.40. The van der Waals surface area contributed by atoms with Crippen LogP contribution in [0.1, 0.15) is 13.3 Å². The average molecular weight is 371 g/mol. The van der Waals surface area contributed by atoms with Crippen LogP contribution in [0.15, 0.2) is 40.9 Å². The van der Waals surface area contributed by atoms with Gasteiger partial charge in [0.1, 0.15) is 5.75 Å². The molecule has 0 radical (unpaired) electrons. The Balaban J connectivity index is 2.61. The average Bonchev–Trinajstić information content (AvgIpc) is 2.52. The Morgan fingerprint density at radius 3 is 2.27 bits per heavy atom. The van der Waals surface area contributed by atoms with Crippen molar-refractivity contribution in [1.29, 1.82) is 0 Å². The molecule has 1 atom stereocenters. The maximum atomic E-state index is 11.9. The van der Waals surface area contributed by atoms with Crippen molar-refractivity contribution in [3.63, 3.8) is 0 Å². The van der Waals surface area contributed by atoms with Crippen LogP contribution < -0.4 is 4.74 Å². The molecule has 0 saturated carbocycles. The molecule has 1 unspecified atom stereocenters. The summed E-state index contributed by atoms with van der Waals surface area (Å²) in [5.41, 5.74) is 0. The Hall–Kier alpha value is -2.15. The maximum absolute atomic E-state index is 11.9. The third-order valence-electron chi connectivity index (χ3n) is 2.48. The van der Waals surface area contributed by atoms with Crippen molar-refractivity contribution in [1.82, 2.24) is 0 Å². The second-order valence-corrected chi connectivity index (χ2v) is 4.98. The van der Waals surface area contributed by atoms with Gasteiger partial charge in [-0.05, 0) is 30.7 Å². The molecule has 0 aliphatic rings. The molecule has 7 heteroatoms. The molecule has 0 fully saturated rings. The summed E-state index contributed by atoms with van der Waals surface area (Å²) in [5.74, 6) is -1.87. The summed E-state index contributed by atoms with van der Waals surface area (Å²) < 4.78 is 15.2. The van der Waals surface area contributed by atoms with Gasteiger partial charge in [0.2, 0.25) is 0 Å². The number of benzene rings is 1. The first-order chi connectivity index (χ1) is 10.5. The minimum Gasteiger partial charge on any atom is -0.466 e. The Bertz CT molecular complexity index is 564. The predicted molar refractivity (Wildman–Crippen MR) is 81.1 cm³/mol. The third kappa shape index (κ3) is 6.09. The van der Waals surface area contributed by atoms with E-state index in [2.05, 4.69) is 20.7 Å². The van der Waals surface area contributed by atoms with E-state index in [1.807, 2.05) is 0 Å². The van der Waals surface area contributed by atoms with Crippen LogP contribution >= 0.6 is 15.9 Å². The molecule has 0 aliphatic carbocycles. The van der Waals surface area contributed by atoms with Crippen molar-refractivity contribution in [2.45, 2.75) is 19.4 Å². The monoisotopic (exact) mass is 370 g/mol. The van der Waals surface area contributed by atoms with Gasteiger partial charge in [0.05, 0.1) is 7.11 Å². The van der Waals surface area contributed by atoms with Crippen LogP contribution in [0.4, 0.5) is 0 Å². The van der Waals surface area contributed by atoms with Crippen LogP contribution in [0.5, 0.6) is 5.75 Å². The number of halogens is 1. The summed E-state index contributed by atoms with van der Waals surface area (Å²) in [6.07, 6.45) is 0.988. The SMILES string of the molecule is CCC(OC(=O)C=CC(=O)OC)C(=O)Oc1ccc(Br)cc1. The Kier molecular flexibility index (Phi) is 7.31. The van der Waals surface area contributed by atoms with Crippen LogP contribution in [0.3, 0.4) is 0 Å². The highest BCUT2D eigenvalue weighted by molar-refractivity contribution is 9.10. The standard InChI is InChI=1S/C15H15BrO6/c1-3-12(22-14(18)9-8-13(17)20-2)15(19)21-11-6-4-10(16)5-7-11/h4-9,12H,3H2,1-2H3. The number of hydrogen-bond acceptors (Lipinski definition) is 6. The summed E-state index contributed by atoms with van der Waals surface area (Å²) in [4.78, 5) is 34.3. The van der Waals surface area contributed by atoms with Gasteiger partial charge in [0.15, 0.2) is 6.10 Å². The molecule has 0 aliphatic heterocycles. The van der Waals surface area contributed by atoms with Crippen LogP contribution in [0.2, 0.25) is 0 Å². The van der Waals surface area contributed by atoms with Gasteiger partial charge < -0.3 is 14.2 Å². The Morgan fingerprint density at radius 2 is 1.73 bits per heavy atom. The molecule has 22 heavy (non-hydrogen) atoms. The Morgan fingerprint density at radius 1 is 1.14 bits per heavy atom. The zero-order chi connectivity index (χ0) is 16.5. The second kappa shape index (κ2) is 8.99. The van der Waals surface area contributed by atoms with Crippen LogP contribution in [-0.2, 0) is 23.9 Å². The Labute approximate surface area is 136 Å². The van der Waals surface area contributed by atoms with E-state index in [9.17, 15) is 14.4 Å². The number of rotatable bonds is 6. The molecule has 6 nitrogen and oxygen atoms in total. The molecule has 0 amide bonds. The van der Waals surface area contributed by atoms with E-state index < -0.39 is 24.0 Å². The fourth-order valence-electron chi connectivity index (χ4n) is 1.37. The molecule has 0 bridgehead atoms. The van der Waals surface area contributed by atoms with Crippen molar-refractivity contribution in [3.05, 3.63) is 40.9 Å². The maximum Gasteiger partial charge on any atom is 0.352 e. The summed E-state index contributed by atoms with van der Waals surface area (Å²) in [7, 11) is 1.18. The molecule has 1 aromatic carbocycles. The van der Waals surface area contributed by atoms with Gasteiger partial charge in [-0.1, -0.05) is 22.9 Å². The molecular weight excluding hydrogens is 356 g/mol. The highest BCUT2D eigenvalue weighted by Gasteiger charge is 2.22. The van der Waals surface area contributed by atoms with Crippen molar-refractivity contribution in [2.75, 3.05) is 7.11 Å². The topological polar surface area (TPSA) is 78.9 Å². The van der Waals surface area contributed by atoms with Crippen LogP contribution in [0, 0.1) is 0 Å². The molecule has 0 spiro atoms. The quantitative estimate of drug-likeness (QED) is 0.434. The lowest BCUT2D eigenvalue weighted by Gasteiger charge is -2.14. The van der Waals surface area contributed by atoms with E-state index in [4.69, 9.17) is 9.47 Å². The largest absolute Gasteiger partial charge is 0.466 e. The van der Waals surface area contributed by atoms with Crippen molar-refractivity contribution in [3.8, 4) is 5.75 Å². The lowest BCUT2D eigenvalue weighted by Crippen LogP contribution is -2.30. The normalized spacial score (nSPS) is 11.8. The lowest BCUT2D eigenvalue weighted by atomic mass is 10.3. The molecule has 1 rings (SSSR count). The number of ether oxygens (including phenoxy) is 3. The highest BCUT2D eigenvalue weighted by Crippen LogP contribution is 2.17. The summed E-state index contributed by atoms with van der Waals surface area (Å²) in [5, 5.41) is 0. The van der Waals surface area contributed by atoms with Crippen molar-refractivity contribution in [2.24, 2.45) is 0 Å². The number of esters is 3. The molecule has 0 N–H and O–H groups in total. The highest BCUT2D eigenvalue weighted by atomic mass is 79.9. The van der Waals surface area contributed by atoms with Gasteiger partial charge in [0, 0.05) is 16.6 Å². The fraction of sp³-hybridized carbons (Fsp3) is 0.267. The van der Waals surface area contributed by atoms with Gasteiger partial charge in [-0.15, -0.1) is 0 Å². The van der Waals surface area contributed by atoms with Gasteiger partial charge >= 0.3 is 17.9 Å². The third-order valence-corrected chi connectivity index (χ3v) is 3.01. The molecule has 0 aromatic heterocycles. The lowest BCUT2D eigenvalue weighted by molar-refractivity contribution is -0.159. The van der Waals surface area contributed by atoms with Gasteiger partial charge in [-0.3, -0.25) is 0 Å². The minimum absolute atomic E-state index is 0.243. The summed E-state index contributed by atoms with van der Waals surface area (Å²) >= 11 is 3.27. The van der Waals surface area contributed by atoms with E-state index >= 15 is 0 Å². The van der Waals surface area contributed by atoms with Crippen molar-refractivity contribution < 1.29 is 28.6 Å². The molecule has 118 valence electrons. The number of methoxy groups -OCH3 is 1. The molecule has 0 heterocycles. The first kappa shape index (κ1) is 17.9. The van der Waals surface area contributed by atoms with Gasteiger partial charge in [-0.25, -0.2) is 14.4 Å². The number of carbonyl (C=O) groups is 3. The van der Waals surface area contributed by atoms with Crippen LogP contribution in [0.25, 0.3) is 0 Å². The van der Waals surface area contributed by atoms with E-state index in [0.717, 1.165) is 16.6 Å². The minimum atomic E-state index is -1.06. The summed E-state index contributed by atoms with van der Waals surface area (Å²) in [6.45, 7) is 1.67. The zero-order valence-electron chi connectivity index (χ0n) is 12.1. The van der Waals surface area contributed by atoms with E-state index in [1.54, 1.807) is 31.2 Å². The number of hydrogen-bond donors (Lipinski definition) is 0. The van der Waals surface area contributed by atoms with E-state index in [0.29, 0.717) is 5.75 Å². The summed E-state index contributed by atoms with van der Waals surface area (Å²) in [6, 6.07) is 6.64.